The van der Waals surface area contributed by atoms with Gasteiger partial charge in [0.25, 0.3) is 0 Å². The highest BCUT2D eigenvalue weighted by atomic mass is 15.2. The van der Waals surface area contributed by atoms with Gasteiger partial charge in [-0.05, 0) is 18.1 Å². The third-order valence-electron chi connectivity index (χ3n) is 2.06. The van der Waals surface area contributed by atoms with Crippen LogP contribution in [-0.2, 0) is 6.42 Å². The lowest BCUT2D eigenvalue weighted by Gasteiger charge is -2.12. The van der Waals surface area contributed by atoms with Gasteiger partial charge in [-0.3, -0.25) is 16.1 Å². The molecule has 0 aromatic heterocycles. The molecular formula is C11H17N5. The number of benzene rings is 1. The Bertz CT molecular complexity index is 386. The Kier molecular flexibility index (Phi) is 4.32. The standard InChI is InChI=1S/C11H17N5/c1-2-5-8-6-3-4-7-9(8)15-11(14)16-10(12)13/h3-4,6-7H,2,5H2,1H3,(H6,12,13,14,15,16). The maximum absolute atomic E-state index is 7.54. The van der Waals surface area contributed by atoms with E-state index in [2.05, 4.69) is 17.6 Å². The van der Waals surface area contributed by atoms with E-state index in [1.165, 1.54) is 0 Å². The molecule has 1 aromatic rings. The number of hydrogen-bond donors (Lipinski definition) is 5. The van der Waals surface area contributed by atoms with Gasteiger partial charge in [-0.25, -0.2) is 0 Å². The van der Waals surface area contributed by atoms with Gasteiger partial charge in [-0.15, -0.1) is 0 Å². The van der Waals surface area contributed by atoms with Gasteiger partial charge in [0.15, 0.2) is 11.9 Å². The minimum atomic E-state index is -0.245. The highest BCUT2D eigenvalue weighted by Gasteiger charge is 2.03. The third kappa shape index (κ3) is 3.61. The number of para-hydroxylation sites is 1. The minimum Gasteiger partial charge on any atom is -0.370 e. The second kappa shape index (κ2) is 5.75. The first-order valence-electron chi connectivity index (χ1n) is 5.18. The second-order valence-corrected chi connectivity index (χ2v) is 3.45. The van der Waals surface area contributed by atoms with Crippen LogP contribution in [0.25, 0.3) is 0 Å². The normalized spacial score (nSPS) is 9.56. The van der Waals surface area contributed by atoms with E-state index >= 15 is 0 Å². The molecule has 0 bridgehead atoms. The van der Waals surface area contributed by atoms with Crippen molar-refractivity contribution in [3.05, 3.63) is 29.8 Å². The molecule has 0 fully saturated rings. The SMILES string of the molecule is CCCc1ccccc1NC(=N)NC(=N)N. The Morgan fingerprint density at radius 2 is 2.00 bits per heavy atom. The first kappa shape index (κ1) is 12.0. The van der Waals surface area contributed by atoms with E-state index in [-0.39, 0.29) is 11.9 Å². The summed E-state index contributed by atoms with van der Waals surface area (Å²) in [6.45, 7) is 2.11. The lowest BCUT2D eigenvalue weighted by Crippen LogP contribution is -2.39. The van der Waals surface area contributed by atoms with Gasteiger partial charge in [0.05, 0.1) is 0 Å². The third-order valence-corrected chi connectivity index (χ3v) is 2.06. The van der Waals surface area contributed by atoms with Crippen LogP contribution < -0.4 is 16.4 Å². The zero-order chi connectivity index (χ0) is 12.0. The molecule has 16 heavy (non-hydrogen) atoms. The summed E-state index contributed by atoms with van der Waals surface area (Å²) in [6.07, 6.45) is 2.00. The van der Waals surface area contributed by atoms with E-state index in [9.17, 15) is 0 Å². The van der Waals surface area contributed by atoms with E-state index in [1.807, 2.05) is 24.3 Å². The highest BCUT2D eigenvalue weighted by Crippen LogP contribution is 2.16. The van der Waals surface area contributed by atoms with Crippen molar-refractivity contribution in [1.82, 2.24) is 5.32 Å². The van der Waals surface area contributed by atoms with Crippen LogP contribution in [0.4, 0.5) is 5.69 Å². The fourth-order valence-corrected chi connectivity index (χ4v) is 1.43. The Morgan fingerprint density at radius 1 is 1.31 bits per heavy atom. The van der Waals surface area contributed by atoms with Crippen LogP contribution in [0, 0.1) is 10.8 Å². The average molecular weight is 219 g/mol. The molecule has 0 heterocycles. The summed E-state index contributed by atoms with van der Waals surface area (Å²) in [4.78, 5) is 0. The van der Waals surface area contributed by atoms with E-state index in [0.29, 0.717) is 0 Å². The van der Waals surface area contributed by atoms with Crippen LogP contribution in [0.2, 0.25) is 0 Å². The van der Waals surface area contributed by atoms with E-state index in [0.717, 1.165) is 24.1 Å². The average Bonchev–Trinajstić information content (AvgIpc) is 2.20. The number of aryl methyl sites for hydroxylation is 1. The summed E-state index contributed by atoms with van der Waals surface area (Å²) in [5, 5.41) is 19.8. The van der Waals surface area contributed by atoms with Crippen molar-refractivity contribution in [2.45, 2.75) is 19.8 Å². The molecule has 0 aliphatic carbocycles. The molecule has 0 atom stereocenters. The molecule has 0 radical (unpaired) electrons. The molecule has 0 spiro atoms. The predicted octanol–water partition coefficient (Wildman–Crippen LogP) is 1.47. The van der Waals surface area contributed by atoms with Crippen molar-refractivity contribution in [3.8, 4) is 0 Å². The van der Waals surface area contributed by atoms with Crippen molar-refractivity contribution in [1.29, 1.82) is 10.8 Å². The van der Waals surface area contributed by atoms with Crippen LogP contribution in [0.15, 0.2) is 24.3 Å². The number of rotatable bonds is 3. The molecular weight excluding hydrogens is 202 g/mol. The Morgan fingerprint density at radius 3 is 2.62 bits per heavy atom. The number of hydrogen-bond acceptors (Lipinski definition) is 2. The van der Waals surface area contributed by atoms with Crippen LogP contribution in [0.5, 0.6) is 0 Å². The van der Waals surface area contributed by atoms with E-state index in [1.54, 1.807) is 0 Å². The minimum absolute atomic E-state index is 0.0102. The van der Waals surface area contributed by atoms with E-state index < -0.39 is 0 Å². The molecule has 0 saturated heterocycles. The van der Waals surface area contributed by atoms with Gasteiger partial charge in [0.2, 0.25) is 0 Å². The lowest BCUT2D eigenvalue weighted by atomic mass is 10.1. The van der Waals surface area contributed by atoms with Crippen molar-refractivity contribution in [2.24, 2.45) is 5.73 Å². The maximum Gasteiger partial charge on any atom is 0.199 e. The molecule has 6 N–H and O–H groups in total. The number of nitrogens with two attached hydrogens (primary N) is 1. The van der Waals surface area contributed by atoms with Crippen molar-refractivity contribution >= 4 is 17.6 Å². The quantitative estimate of drug-likeness (QED) is 0.393. The van der Waals surface area contributed by atoms with Gasteiger partial charge >= 0.3 is 0 Å². The molecule has 0 aliphatic heterocycles. The smallest absolute Gasteiger partial charge is 0.199 e. The maximum atomic E-state index is 7.54. The molecule has 1 rings (SSSR count). The van der Waals surface area contributed by atoms with E-state index in [4.69, 9.17) is 16.6 Å². The van der Waals surface area contributed by atoms with Gasteiger partial charge in [-0.2, -0.15) is 0 Å². The summed E-state index contributed by atoms with van der Waals surface area (Å²) in [5.74, 6) is -0.235. The zero-order valence-corrected chi connectivity index (χ0v) is 9.30. The number of nitrogens with one attached hydrogen (secondary N) is 4. The summed E-state index contributed by atoms with van der Waals surface area (Å²) in [6, 6.07) is 7.80. The molecule has 0 unspecified atom stereocenters. The second-order valence-electron chi connectivity index (χ2n) is 3.45. The summed E-state index contributed by atoms with van der Waals surface area (Å²) in [5.41, 5.74) is 7.17. The fourth-order valence-electron chi connectivity index (χ4n) is 1.43. The molecule has 86 valence electrons. The Balaban J connectivity index is 2.72. The number of anilines is 1. The number of guanidine groups is 2. The first-order valence-corrected chi connectivity index (χ1v) is 5.18. The Labute approximate surface area is 95.1 Å². The molecule has 0 saturated carbocycles. The highest BCUT2D eigenvalue weighted by molar-refractivity contribution is 6.02. The van der Waals surface area contributed by atoms with Gasteiger partial charge in [-0.1, -0.05) is 31.5 Å². The Hall–Kier alpha value is -2.04. The van der Waals surface area contributed by atoms with Crippen LogP contribution in [-0.4, -0.2) is 11.9 Å². The van der Waals surface area contributed by atoms with Gasteiger partial charge in [0, 0.05) is 5.69 Å². The zero-order valence-electron chi connectivity index (χ0n) is 9.30. The van der Waals surface area contributed by atoms with Crippen LogP contribution in [0.3, 0.4) is 0 Å². The first-order chi connectivity index (χ1) is 7.63. The summed E-state index contributed by atoms with van der Waals surface area (Å²) in [7, 11) is 0. The van der Waals surface area contributed by atoms with Gasteiger partial charge < -0.3 is 11.1 Å². The monoisotopic (exact) mass is 219 g/mol. The largest absolute Gasteiger partial charge is 0.370 e. The van der Waals surface area contributed by atoms with Crippen molar-refractivity contribution < 1.29 is 0 Å². The molecule has 5 heteroatoms. The topological polar surface area (TPSA) is 97.8 Å². The molecule has 5 nitrogen and oxygen atoms in total. The predicted molar refractivity (Wildman–Crippen MR) is 66.8 cm³/mol. The van der Waals surface area contributed by atoms with Crippen LogP contribution in [0.1, 0.15) is 18.9 Å². The molecule has 0 amide bonds. The van der Waals surface area contributed by atoms with Gasteiger partial charge in [0.1, 0.15) is 0 Å². The lowest BCUT2D eigenvalue weighted by molar-refractivity contribution is 0.923. The summed E-state index contributed by atoms with van der Waals surface area (Å²) >= 11 is 0. The van der Waals surface area contributed by atoms with Crippen molar-refractivity contribution in [3.63, 3.8) is 0 Å². The molecule has 1 aromatic carbocycles. The van der Waals surface area contributed by atoms with Crippen molar-refractivity contribution in [2.75, 3.05) is 5.32 Å². The molecule has 0 aliphatic rings. The van der Waals surface area contributed by atoms with Crippen LogP contribution >= 0.6 is 0 Å². The fraction of sp³-hybridized carbons (Fsp3) is 0.273. The summed E-state index contributed by atoms with van der Waals surface area (Å²) < 4.78 is 0.